The summed E-state index contributed by atoms with van der Waals surface area (Å²) in [6.07, 6.45) is -0.451. The van der Waals surface area contributed by atoms with Crippen LogP contribution in [0.15, 0.2) is 30.3 Å². The van der Waals surface area contributed by atoms with Crippen LogP contribution >= 0.6 is 11.6 Å². The van der Waals surface area contributed by atoms with Gasteiger partial charge in [0.25, 0.3) is 5.92 Å². The molecular formula is C12H12ClF2NO. The maximum absolute atomic E-state index is 13.4. The van der Waals surface area contributed by atoms with Crippen LogP contribution in [-0.2, 0) is 4.79 Å². The highest BCUT2D eigenvalue weighted by Gasteiger charge is 2.47. The number of benzene rings is 1. The predicted octanol–water partition coefficient (Wildman–Crippen LogP) is 2.71. The topological polar surface area (TPSA) is 20.3 Å². The molecule has 17 heavy (non-hydrogen) atoms. The molecule has 0 aliphatic carbocycles. The molecule has 1 atom stereocenters. The van der Waals surface area contributed by atoms with Crippen molar-refractivity contribution < 1.29 is 13.6 Å². The average Bonchev–Trinajstić information content (AvgIpc) is 2.65. The van der Waals surface area contributed by atoms with Crippen LogP contribution in [0.3, 0.4) is 0 Å². The lowest BCUT2D eigenvalue weighted by atomic mass is 10.1. The molecule has 1 aromatic carbocycles. The molecule has 0 aromatic heterocycles. The number of halogens is 3. The molecule has 5 heteroatoms. The molecule has 1 unspecified atom stereocenters. The summed E-state index contributed by atoms with van der Waals surface area (Å²) in [6.45, 7) is -0.426. The molecule has 1 aromatic rings. The number of hydrogen-bond donors (Lipinski definition) is 0. The van der Waals surface area contributed by atoms with E-state index in [0.717, 1.165) is 0 Å². The summed E-state index contributed by atoms with van der Waals surface area (Å²) in [5, 5.41) is 0. The summed E-state index contributed by atoms with van der Waals surface area (Å²) >= 11 is 5.46. The van der Waals surface area contributed by atoms with Gasteiger partial charge >= 0.3 is 0 Å². The van der Waals surface area contributed by atoms with E-state index < -0.39 is 24.9 Å². The zero-order chi connectivity index (χ0) is 12.5. The van der Waals surface area contributed by atoms with E-state index in [1.54, 1.807) is 30.3 Å². The van der Waals surface area contributed by atoms with Crippen molar-refractivity contribution in [3.8, 4) is 0 Å². The number of carbonyl (C=O) groups excluding carboxylic acids is 1. The number of Topliss-reactive ketones (excluding diaryl/α,β-unsaturated/α-hetero) is 1. The number of alkyl halides is 3. The van der Waals surface area contributed by atoms with E-state index in [1.165, 1.54) is 4.90 Å². The molecule has 1 saturated heterocycles. The predicted molar refractivity (Wildman–Crippen MR) is 62.9 cm³/mol. The SMILES string of the molecule is O=C(CCl)C1CC(F)(F)CN1c1ccccc1. The molecule has 92 valence electrons. The van der Waals surface area contributed by atoms with E-state index in [9.17, 15) is 13.6 Å². The largest absolute Gasteiger partial charge is 0.355 e. The van der Waals surface area contributed by atoms with E-state index in [0.29, 0.717) is 5.69 Å². The lowest BCUT2D eigenvalue weighted by Gasteiger charge is -2.24. The van der Waals surface area contributed by atoms with Gasteiger partial charge in [-0.25, -0.2) is 8.78 Å². The van der Waals surface area contributed by atoms with E-state index in [4.69, 9.17) is 11.6 Å². The molecule has 0 radical (unpaired) electrons. The van der Waals surface area contributed by atoms with Crippen molar-refractivity contribution in [2.24, 2.45) is 0 Å². The van der Waals surface area contributed by atoms with Crippen molar-refractivity contribution in [3.05, 3.63) is 30.3 Å². The number of carbonyl (C=O) groups is 1. The van der Waals surface area contributed by atoms with Crippen molar-refractivity contribution in [3.63, 3.8) is 0 Å². The van der Waals surface area contributed by atoms with E-state index in [-0.39, 0.29) is 11.7 Å². The maximum Gasteiger partial charge on any atom is 0.267 e. The van der Waals surface area contributed by atoms with Crippen LogP contribution in [0.1, 0.15) is 6.42 Å². The number of hydrogen-bond acceptors (Lipinski definition) is 2. The van der Waals surface area contributed by atoms with Gasteiger partial charge in [0, 0.05) is 12.1 Å². The second-order valence-electron chi connectivity index (χ2n) is 4.14. The summed E-state index contributed by atoms with van der Waals surface area (Å²) in [7, 11) is 0. The minimum absolute atomic E-state index is 0.232. The summed E-state index contributed by atoms with van der Waals surface area (Å²) in [4.78, 5) is 13.0. The molecule has 0 amide bonds. The molecule has 1 fully saturated rings. The Hall–Kier alpha value is -1.16. The molecular weight excluding hydrogens is 248 g/mol. The third-order valence-electron chi connectivity index (χ3n) is 2.86. The second kappa shape index (κ2) is 4.61. The van der Waals surface area contributed by atoms with Crippen LogP contribution in [0.2, 0.25) is 0 Å². The quantitative estimate of drug-likeness (QED) is 0.778. The van der Waals surface area contributed by atoms with E-state index in [2.05, 4.69) is 0 Å². The van der Waals surface area contributed by atoms with Gasteiger partial charge < -0.3 is 4.90 Å². The van der Waals surface area contributed by atoms with Crippen LogP contribution in [0.25, 0.3) is 0 Å². The molecule has 2 rings (SSSR count). The number of para-hydroxylation sites is 1. The molecule has 0 bridgehead atoms. The lowest BCUT2D eigenvalue weighted by molar-refractivity contribution is -0.118. The minimum atomic E-state index is -2.83. The molecule has 1 aliphatic rings. The van der Waals surface area contributed by atoms with Crippen molar-refractivity contribution in [2.75, 3.05) is 17.3 Å². The molecule has 0 spiro atoms. The number of nitrogens with zero attached hydrogens (tertiary/aromatic N) is 1. The van der Waals surface area contributed by atoms with E-state index in [1.807, 2.05) is 0 Å². The Balaban J connectivity index is 2.28. The van der Waals surface area contributed by atoms with E-state index >= 15 is 0 Å². The van der Waals surface area contributed by atoms with Gasteiger partial charge in [-0.1, -0.05) is 18.2 Å². The van der Waals surface area contributed by atoms with Crippen LogP contribution in [0.4, 0.5) is 14.5 Å². The number of anilines is 1. The highest BCUT2D eigenvalue weighted by atomic mass is 35.5. The zero-order valence-electron chi connectivity index (χ0n) is 9.07. The monoisotopic (exact) mass is 259 g/mol. The molecule has 2 nitrogen and oxygen atoms in total. The first kappa shape index (κ1) is 12.3. The van der Waals surface area contributed by atoms with Crippen LogP contribution < -0.4 is 4.90 Å². The molecule has 0 N–H and O–H groups in total. The first-order valence-corrected chi connectivity index (χ1v) is 5.85. The fourth-order valence-electron chi connectivity index (χ4n) is 2.08. The highest BCUT2D eigenvalue weighted by Crippen LogP contribution is 2.35. The average molecular weight is 260 g/mol. The van der Waals surface area contributed by atoms with Crippen molar-refractivity contribution in [1.82, 2.24) is 0 Å². The van der Waals surface area contributed by atoms with Gasteiger partial charge in [0.05, 0.1) is 18.5 Å². The van der Waals surface area contributed by atoms with Gasteiger partial charge in [-0.15, -0.1) is 11.6 Å². The van der Waals surface area contributed by atoms with Crippen LogP contribution in [-0.4, -0.2) is 30.2 Å². The van der Waals surface area contributed by atoms with Gasteiger partial charge in [-0.3, -0.25) is 4.79 Å². The lowest BCUT2D eigenvalue weighted by Crippen LogP contribution is -2.36. The first-order valence-electron chi connectivity index (χ1n) is 5.32. The third kappa shape index (κ3) is 2.57. The van der Waals surface area contributed by atoms with Gasteiger partial charge in [0.1, 0.15) is 0 Å². The zero-order valence-corrected chi connectivity index (χ0v) is 9.83. The number of rotatable bonds is 3. The van der Waals surface area contributed by atoms with Gasteiger partial charge in [-0.05, 0) is 12.1 Å². The Bertz CT molecular complexity index is 410. The molecule has 0 saturated carbocycles. The fourth-order valence-corrected chi connectivity index (χ4v) is 2.26. The Morgan fingerprint density at radius 3 is 2.65 bits per heavy atom. The normalized spacial score (nSPS) is 22.8. The Morgan fingerprint density at radius 2 is 2.06 bits per heavy atom. The summed E-state index contributed by atoms with van der Waals surface area (Å²) < 4.78 is 26.8. The smallest absolute Gasteiger partial charge is 0.267 e. The van der Waals surface area contributed by atoms with Gasteiger partial charge in [0.15, 0.2) is 5.78 Å². The van der Waals surface area contributed by atoms with Gasteiger partial charge in [0.2, 0.25) is 0 Å². The second-order valence-corrected chi connectivity index (χ2v) is 4.41. The van der Waals surface area contributed by atoms with Crippen molar-refractivity contribution in [1.29, 1.82) is 0 Å². The Labute approximate surface area is 103 Å². The molecule has 1 heterocycles. The summed E-state index contributed by atoms with van der Waals surface area (Å²) in [6, 6.07) is 7.94. The third-order valence-corrected chi connectivity index (χ3v) is 3.12. The summed E-state index contributed by atoms with van der Waals surface area (Å²) in [5.74, 6) is -3.42. The van der Waals surface area contributed by atoms with Crippen molar-refractivity contribution >= 4 is 23.1 Å². The molecule has 1 aliphatic heterocycles. The minimum Gasteiger partial charge on any atom is -0.355 e. The Morgan fingerprint density at radius 1 is 1.41 bits per heavy atom. The fraction of sp³-hybridized carbons (Fsp3) is 0.417. The maximum atomic E-state index is 13.4. The first-order chi connectivity index (χ1) is 8.03. The summed E-state index contributed by atoms with van der Waals surface area (Å²) in [5.41, 5.74) is 0.633. The highest BCUT2D eigenvalue weighted by molar-refractivity contribution is 6.28. The van der Waals surface area contributed by atoms with Crippen LogP contribution in [0, 0.1) is 0 Å². The Kier molecular flexibility index (Phi) is 3.33. The van der Waals surface area contributed by atoms with Gasteiger partial charge in [-0.2, -0.15) is 0 Å². The van der Waals surface area contributed by atoms with Crippen molar-refractivity contribution in [2.45, 2.75) is 18.4 Å². The van der Waals surface area contributed by atoms with Crippen LogP contribution in [0.5, 0.6) is 0 Å². The standard InChI is InChI=1S/C12H12ClF2NO/c13-7-11(17)10-6-12(14,15)8-16(10)9-4-2-1-3-5-9/h1-5,10H,6-8H2. The number of ketones is 1.